The molecule has 1 amide bonds. The van der Waals surface area contributed by atoms with Gasteiger partial charge in [0.25, 0.3) is 5.91 Å². The Bertz CT molecular complexity index is 818. The minimum atomic E-state index is -0.413. The van der Waals surface area contributed by atoms with Crippen molar-refractivity contribution in [2.45, 2.75) is 6.42 Å². The number of hydrogen-bond donors (Lipinski definition) is 1. The van der Waals surface area contributed by atoms with Crippen LogP contribution in [0.4, 0.5) is 0 Å². The number of nitrogens with one attached hydrogen (secondary N) is 1. The van der Waals surface area contributed by atoms with E-state index in [-0.39, 0.29) is 11.2 Å². The Hall–Kier alpha value is -2.82. The fourth-order valence-electron chi connectivity index (χ4n) is 2.06. The smallest absolute Gasteiger partial charge is 0.287 e. The summed E-state index contributed by atoms with van der Waals surface area (Å²) in [6, 6.07) is 11.7. The van der Waals surface area contributed by atoms with Crippen LogP contribution < -0.4 is 10.7 Å². The summed E-state index contributed by atoms with van der Waals surface area (Å²) in [6.07, 6.45) is 2.16. The zero-order chi connectivity index (χ0) is 14.7. The van der Waals surface area contributed by atoms with Gasteiger partial charge in [-0.1, -0.05) is 12.1 Å². The van der Waals surface area contributed by atoms with Crippen molar-refractivity contribution in [2.24, 2.45) is 0 Å². The molecule has 3 aromatic rings. The van der Waals surface area contributed by atoms with Crippen molar-refractivity contribution in [2.75, 3.05) is 6.54 Å². The molecule has 0 saturated heterocycles. The lowest BCUT2D eigenvalue weighted by atomic mass is 10.2. The number of benzene rings is 1. The maximum Gasteiger partial charge on any atom is 0.287 e. The molecule has 3 rings (SSSR count). The van der Waals surface area contributed by atoms with E-state index in [0.717, 1.165) is 5.76 Å². The van der Waals surface area contributed by atoms with Crippen molar-refractivity contribution in [1.82, 2.24) is 5.32 Å². The van der Waals surface area contributed by atoms with E-state index >= 15 is 0 Å². The van der Waals surface area contributed by atoms with Crippen LogP contribution in [0.1, 0.15) is 16.3 Å². The van der Waals surface area contributed by atoms with Crippen LogP contribution in [-0.4, -0.2) is 12.5 Å². The zero-order valence-electron chi connectivity index (χ0n) is 11.2. The van der Waals surface area contributed by atoms with E-state index in [1.165, 1.54) is 6.07 Å². The van der Waals surface area contributed by atoms with Crippen LogP contribution >= 0.6 is 0 Å². The third kappa shape index (κ3) is 2.86. The fraction of sp³-hybridized carbons (Fsp3) is 0.125. The second kappa shape index (κ2) is 5.66. The quantitative estimate of drug-likeness (QED) is 0.797. The van der Waals surface area contributed by atoms with Gasteiger partial charge in [-0.3, -0.25) is 9.59 Å². The summed E-state index contributed by atoms with van der Waals surface area (Å²) in [5, 5.41) is 3.16. The van der Waals surface area contributed by atoms with E-state index in [0.29, 0.717) is 23.9 Å². The Labute approximate surface area is 120 Å². The second-order valence-corrected chi connectivity index (χ2v) is 4.56. The number of hydrogen-bond acceptors (Lipinski definition) is 4. The van der Waals surface area contributed by atoms with E-state index < -0.39 is 5.91 Å². The molecular formula is C16H13NO4. The van der Waals surface area contributed by atoms with Crippen molar-refractivity contribution in [1.29, 1.82) is 0 Å². The third-order valence-corrected chi connectivity index (χ3v) is 3.10. The molecule has 2 heterocycles. The highest BCUT2D eigenvalue weighted by molar-refractivity contribution is 5.93. The highest BCUT2D eigenvalue weighted by Gasteiger charge is 2.11. The molecule has 0 aliphatic heterocycles. The molecule has 5 nitrogen and oxygen atoms in total. The second-order valence-electron chi connectivity index (χ2n) is 4.56. The van der Waals surface area contributed by atoms with Gasteiger partial charge in [-0.2, -0.15) is 0 Å². The van der Waals surface area contributed by atoms with Crippen molar-refractivity contribution < 1.29 is 13.6 Å². The average molecular weight is 283 g/mol. The summed E-state index contributed by atoms with van der Waals surface area (Å²) >= 11 is 0. The van der Waals surface area contributed by atoms with Crippen LogP contribution in [0.5, 0.6) is 0 Å². The molecule has 0 fully saturated rings. The zero-order valence-corrected chi connectivity index (χ0v) is 11.2. The Morgan fingerprint density at radius 1 is 1.14 bits per heavy atom. The third-order valence-electron chi connectivity index (χ3n) is 3.10. The van der Waals surface area contributed by atoms with E-state index in [9.17, 15) is 9.59 Å². The first-order valence-corrected chi connectivity index (χ1v) is 6.57. The summed E-state index contributed by atoms with van der Waals surface area (Å²) in [6.45, 7) is 0.406. The predicted molar refractivity (Wildman–Crippen MR) is 77.2 cm³/mol. The molecule has 0 aliphatic carbocycles. The van der Waals surface area contributed by atoms with Gasteiger partial charge in [0.05, 0.1) is 11.6 Å². The molecule has 0 radical (unpaired) electrons. The average Bonchev–Trinajstić information content (AvgIpc) is 3.00. The van der Waals surface area contributed by atoms with Gasteiger partial charge in [-0.15, -0.1) is 0 Å². The highest BCUT2D eigenvalue weighted by Crippen LogP contribution is 2.11. The molecule has 0 aliphatic rings. The number of carbonyl (C=O) groups is 1. The molecule has 2 aromatic heterocycles. The minimum absolute atomic E-state index is 0.0122. The molecule has 0 bridgehead atoms. The van der Waals surface area contributed by atoms with Crippen LogP contribution in [0.25, 0.3) is 11.0 Å². The van der Waals surface area contributed by atoms with Gasteiger partial charge in [-0.05, 0) is 24.3 Å². The maximum absolute atomic E-state index is 12.0. The Kier molecular flexibility index (Phi) is 3.55. The van der Waals surface area contributed by atoms with Crippen LogP contribution in [0.2, 0.25) is 0 Å². The van der Waals surface area contributed by atoms with Gasteiger partial charge in [0.2, 0.25) is 0 Å². The number of rotatable bonds is 4. The first-order chi connectivity index (χ1) is 10.2. The first kappa shape index (κ1) is 13.2. The lowest BCUT2D eigenvalue weighted by Gasteiger charge is -2.04. The summed E-state index contributed by atoms with van der Waals surface area (Å²) in [5.74, 6) is 0.387. The monoisotopic (exact) mass is 283 g/mol. The SMILES string of the molecule is O=C(NCCc1ccco1)c1cc(=O)c2ccccc2o1. The normalized spacial score (nSPS) is 10.7. The van der Waals surface area contributed by atoms with Gasteiger partial charge >= 0.3 is 0 Å². The van der Waals surface area contributed by atoms with Gasteiger partial charge in [0.1, 0.15) is 11.3 Å². The molecule has 21 heavy (non-hydrogen) atoms. The van der Waals surface area contributed by atoms with Gasteiger partial charge in [0.15, 0.2) is 11.2 Å². The van der Waals surface area contributed by atoms with Crippen LogP contribution in [-0.2, 0) is 6.42 Å². The summed E-state index contributed by atoms with van der Waals surface area (Å²) in [4.78, 5) is 23.9. The number of para-hydroxylation sites is 1. The van der Waals surface area contributed by atoms with E-state index in [4.69, 9.17) is 8.83 Å². The number of fused-ring (bicyclic) bond motifs is 1. The fourth-order valence-corrected chi connectivity index (χ4v) is 2.06. The van der Waals surface area contributed by atoms with Crippen LogP contribution in [0.3, 0.4) is 0 Å². The van der Waals surface area contributed by atoms with Crippen molar-refractivity contribution in [3.63, 3.8) is 0 Å². The molecule has 0 unspecified atom stereocenters. The number of furan rings is 1. The molecule has 0 saturated carbocycles. The molecule has 1 N–H and O–H groups in total. The van der Waals surface area contributed by atoms with Gasteiger partial charge in [0, 0.05) is 19.0 Å². The largest absolute Gasteiger partial charge is 0.469 e. The summed E-state index contributed by atoms with van der Waals surface area (Å²) in [5.41, 5.74) is 0.175. The summed E-state index contributed by atoms with van der Waals surface area (Å²) < 4.78 is 10.6. The van der Waals surface area contributed by atoms with Crippen LogP contribution in [0.15, 0.2) is 62.4 Å². The lowest BCUT2D eigenvalue weighted by Crippen LogP contribution is -2.26. The molecule has 0 spiro atoms. The van der Waals surface area contributed by atoms with Crippen molar-refractivity contribution in [3.8, 4) is 0 Å². The predicted octanol–water partition coefficient (Wildman–Crippen LogP) is 2.36. The number of carbonyl (C=O) groups excluding carboxylic acids is 1. The molecule has 0 atom stereocenters. The van der Waals surface area contributed by atoms with E-state index in [1.54, 1.807) is 36.6 Å². The van der Waals surface area contributed by atoms with E-state index in [2.05, 4.69) is 5.32 Å². The van der Waals surface area contributed by atoms with E-state index in [1.807, 2.05) is 6.07 Å². The maximum atomic E-state index is 12.0. The van der Waals surface area contributed by atoms with Crippen molar-refractivity contribution in [3.05, 3.63) is 70.5 Å². The topological polar surface area (TPSA) is 72.5 Å². The van der Waals surface area contributed by atoms with Gasteiger partial charge in [-0.25, -0.2) is 0 Å². The van der Waals surface area contributed by atoms with Crippen LogP contribution in [0, 0.1) is 0 Å². The molecule has 5 heteroatoms. The standard InChI is InChI=1S/C16H13NO4/c18-13-10-15(21-14-6-2-1-5-12(13)14)16(19)17-8-7-11-4-3-9-20-11/h1-6,9-10H,7-8H2,(H,17,19). The Balaban J connectivity index is 1.74. The minimum Gasteiger partial charge on any atom is -0.469 e. The first-order valence-electron chi connectivity index (χ1n) is 6.57. The summed E-state index contributed by atoms with van der Waals surface area (Å²) in [7, 11) is 0. The number of amides is 1. The molecule has 106 valence electrons. The lowest BCUT2D eigenvalue weighted by molar-refractivity contribution is 0.0926. The highest BCUT2D eigenvalue weighted by atomic mass is 16.3. The molecular weight excluding hydrogens is 270 g/mol. The van der Waals surface area contributed by atoms with Crippen molar-refractivity contribution >= 4 is 16.9 Å². The van der Waals surface area contributed by atoms with Gasteiger partial charge < -0.3 is 14.2 Å². The Morgan fingerprint density at radius 2 is 2.00 bits per heavy atom. The molecule has 1 aromatic carbocycles. The Morgan fingerprint density at radius 3 is 2.81 bits per heavy atom.